The van der Waals surface area contributed by atoms with Crippen LogP contribution in [0.5, 0.6) is 0 Å². The molecule has 32 heavy (non-hydrogen) atoms. The normalized spacial score (nSPS) is 15.6. The molecular weight excluding hydrogens is 455 g/mol. The Kier molecular flexibility index (Phi) is 8.41. The first-order valence-electron chi connectivity index (χ1n) is 9.48. The first-order chi connectivity index (χ1) is 15.0. The molecule has 0 unspecified atom stereocenters. The third kappa shape index (κ3) is 6.28. The Hall–Kier alpha value is -2.47. The molecular formula is C20H23F5N4O2S. The number of hydrogen-bond donors (Lipinski definition) is 2. The summed E-state index contributed by atoms with van der Waals surface area (Å²) in [6, 6.07) is 3.82. The molecule has 1 aliphatic rings. The SMILES string of the molecule is CO.CSc1cc(NC(=O)c2cc(C(F)(F)F)c(C)nc2N2CCC(F)(F)CC2)ccn1. The fourth-order valence-corrected chi connectivity index (χ4v) is 3.54. The van der Waals surface area contributed by atoms with Crippen LogP contribution >= 0.6 is 11.8 Å². The van der Waals surface area contributed by atoms with Crippen LogP contribution in [0, 0.1) is 6.92 Å². The van der Waals surface area contributed by atoms with E-state index < -0.39 is 36.4 Å². The molecule has 0 radical (unpaired) electrons. The molecule has 0 atom stereocenters. The smallest absolute Gasteiger partial charge is 0.400 e. The molecule has 3 heterocycles. The number of alkyl halides is 5. The van der Waals surface area contributed by atoms with E-state index in [4.69, 9.17) is 5.11 Å². The predicted octanol–water partition coefficient (Wildman–Crippen LogP) is 4.62. The van der Waals surface area contributed by atoms with Crippen molar-refractivity contribution in [3.63, 3.8) is 0 Å². The van der Waals surface area contributed by atoms with Crippen molar-refractivity contribution in [2.24, 2.45) is 0 Å². The van der Waals surface area contributed by atoms with Gasteiger partial charge in [0.2, 0.25) is 0 Å². The number of aromatic nitrogens is 2. The second-order valence-corrected chi connectivity index (χ2v) is 7.70. The van der Waals surface area contributed by atoms with Crippen molar-refractivity contribution < 1.29 is 31.9 Å². The van der Waals surface area contributed by atoms with E-state index in [-0.39, 0.29) is 30.2 Å². The molecule has 0 aliphatic carbocycles. The number of carbonyl (C=O) groups excluding carboxylic acids is 1. The van der Waals surface area contributed by atoms with E-state index in [0.717, 1.165) is 13.2 Å². The van der Waals surface area contributed by atoms with Gasteiger partial charge in [-0.3, -0.25) is 4.79 Å². The topological polar surface area (TPSA) is 78.3 Å². The molecule has 0 aromatic carbocycles. The fraction of sp³-hybridized carbons (Fsp3) is 0.450. The van der Waals surface area contributed by atoms with Gasteiger partial charge in [0.25, 0.3) is 11.8 Å². The number of halogens is 5. The Morgan fingerprint density at radius 2 is 1.84 bits per heavy atom. The van der Waals surface area contributed by atoms with E-state index in [1.165, 1.54) is 35.8 Å². The van der Waals surface area contributed by atoms with Crippen molar-refractivity contribution >= 4 is 29.2 Å². The lowest BCUT2D eigenvalue weighted by molar-refractivity contribution is -0.138. The molecule has 1 fully saturated rings. The average Bonchev–Trinajstić information content (AvgIpc) is 2.74. The lowest BCUT2D eigenvalue weighted by atomic mass is 10.0. The summed E-state index contributed by atoms with van der Waals surface area (Å²) in [5.74, 6) is -3.68. The highest BCUT2D eigenvalue weighted by Gasteiger charge is 2.38. The van der Waals surface area contributed by atoms with Crippen LogP contribution < -0.4 is 10.2 Å². The molecule has 2 aromatic rings. The summed E-state index contributed by atoms with van der Waals surface area (Å²) in [4.78, 5) is 22.4. The van der Waals surface area contributed by atoms with Gasteiger partial charge in [0.15, 0.2) is 0 Å². The number of anilines is 2. The molecule has 6 nitrogen and oxygen atoms in total. The number of pyridine rings is 2. The first kappa shape index (κ1) is 25.8. The Balaban J connectivity index is 0.00000176. The quantitative estimate of drug-likeness (QED) is 0.493. The standard InChI is InChI=1S/C19H19F5N4OS.CH4O/c1-11-14(19(22,23)24)10-13(16(26-11)28-7-4-18(20,21)5-8-28)17(29)27-12-3-6-25-15(9-12)30-2;1-2/h3,6,9-10H,4-5,7-8H2,1-2H3,(H,25,27,29);2H,1H3. The maximum absolute atomic E-state index is 13.5. The molecule has 2 aromatic heterocycles. The number of amides is 1. The third-order valence-electron chi connectivity index (χ3n) is 4.74. The van der Waals surface area contributed by atoms with Crippen molar-refractivity contribution in [3.05, 3.63) is 41.2 Å². The highest BCUT2D eigenvalue weighted by molar-refractivity contribution is 7.98. The van der Waals surface area contributed by atoms with E-state index in [1.807, 2.05) is 0 Å². The van der Waals surface area contributed by atoms with Crippen LogP contribution in [0.2, 0.25) is 0 Å². The van der Waals surface area contributed by atoms with Crippen LogP contribution in [0.4, 0.5) is 33.5 Å². The van der Waals surface area contributed by atoms with Gasteiger partial charge < -0.3 is 15.3 Å². The Morgan fingerprint density at radius 3 is 2.41 bits per heavy atom. The van der Waals surface area contributed by atoms with Crippen molar-refractivity contribution in [2.75, 3.05) is 36.7 Å². The van der Waals surface area contributed by atoms with Crippen molar-refractivity contribution in [2.45, 2.75) is 36.9 Å². The maximum Gasteiger partial charge on any atom is 0.418 e. The lowest BCUT2D eigenvalue weighted by Gasteiger charge is -2.34. The Labute approximate surface area is 186 Å². The van der Waals surface area contributed by atoms with Crippen molar-refractivity contribution in [3.8, 4) is 0 Å². The predicted molar refractivity (Wildman–Crippen MR) is 112 cm³/mol. The number of aliphatic hydroxyl groups is 1. The molecule has 12 heteroatoms. The van der Waals surface area contributed by atoms with Crippen LogP contribution in [0.25, 0.3) is 0 Å². The summed E-state index contributed by atoms with van der Waals surface area (Å²) in [5, 5.41) is 10.2. The summed E-state index contributed by atoms with van der Waals surface area (Å²) >= 11 is 1.34. The van der Waals surface area contributed by atoms with Crippen LogP contribution in [0.3, 0.4) is 0 Å². The number of thioether (sulfide) groups is 1. The van der Waals surface area contributed by atoms with Crippen LogP contribution in [-0.4, -0.2) is 53.4 Å². The van der Waals surface area contributed by atoms with Gasteiger partial charge in [-0.15, -0.1) is 11.8 Å². The second-order valence-electron chi connectivity index (χ2n) is 6.87. The molecule has 0 saturated carbocycles. The van der Waals surface area contributed by atoms with Gasteiger partial charge >= 0.3 is 6.18 Å². The number of aliphatic hydroxyl groups excluding tert-OH is 1. The lowest BCUT2D eigenvalue weighted by Crippen LogP contribution is -2.41. The summed E-state index contributed by atoms with van der Waals surface area (Å²) < 4.78 is 67.2. The molecule has 1 saturated heterocycles. The van der Waals surface area contributed by atoms with E-state index in [1.54, 1.807) is 12.3 Å². The number of nitrogens with zero attached hydrogens (tertiary/aromatic N) is 3. The zero-order chi connectivity index (χ0) is 24.1. The number of aryl methyl sites for hydroxylation is 1. The van der Waals surface area contributed by atoms with Crippen LogP contribution in [0.1, 0.15) is 34.5 Å². The molecule has 3 rings (SSSR count). The van der Waals surface area contributed by atoms with E-state index in [2.05, 4.69) is 15.3 Å². The number of rotatable bonds is 4. The Morgan fingerprint density at radius 1 is 1.22 bits per heavy atom. The van der Waals surface area contributed by atoms with Gasteiger partial charge in [-0.25, -0.2) is 18.7 Å². The van der Waals surface area contributed by atoms with Crippen LogP contribution in [-0.2, 0) is 6.18 Å². The van der Waals surface area contributed by atoms with E-state index in [0.29, 0.717) is 10.7 Å². The van der Waals surface area contributed by atoms with Crippen molar-refractivity contribution in [1.82, 2.24) is 9.97 Å². The largest absolute Gasteiger partial charge is 0.418 e. The minimum atomic E-state index is -4.71. The minimum absolute atomic E-state index is 0.0346. The highest BCUT2D eigenvalue weighted by atomic mass is 32.2. The van der Waals surface area contributed by atoms with Gasteiger partial charge in [-0.2, -0.15) is 13.2 Å². The van der Waals surface area contributed by atoms with Crippen LogP contribution in [0.15, 0.2) is 29.4 Å². The van der Waals surface area contributed by atoms with Crippen molar-refractivity contribution in [1.29, 1.82) is 0 Å². The number of nitrogens with one attached hydrogen (secondary N) is 1. The monoisotopic (exact) mass is 478 g/mol. The van der Waals surface area contributed by atoms with Gasteiger partial charge in [0.05, 0.1) is 21.8 Å². The van der Waals surface area contributed by atoms with E-state index >= 15 is 0 Å². The number of piperidine rings is 1. The first-order valence-corrected chi connectivity index (χ1v) is 10.7. The summed E-state index contributed by atoms with van der Waals surface area (Å²) in [7, 11) is 1.00. The molecule has 0 spiro atoms. The molecule has 1 aliphatic heterocycles. The second kappa shape index (κ2) is 10.4. The van der Waals surface area contributed by atoms with Gasteiger partial charge in [0.1, 0.15) is 5.82 Å². The van der Waals surface area contributed by atoms with Gasteiger partial charge in [0, 0.05) is 44.9 Å². The zero-order valence-electron chi connectivity index (χ0n) is 17.6. The summed E-state index contributed by atoms with van der Waals surface area (Å²) in [5.41, 5.74) is -1.33. The fourth-order valence-electron chi connectivity index (χ4n) is 3.13. The summed E-state index contributed by atoms with van der Waals surface area (Å²) in [6.45, 7) is 0.952. The Bertz CT molecular complexity index is 946. The average molecular weight is 478 g/mol. The molecule has 176 valence electrons. The highest BCUT2D eigenvalue weighted by Crippen LogP contribution is 2.36. The molecule has 1 amide bonds. The maximum atomic E-state index is 13.5. The third-order valence-corrected chi connectivity index (χ3v) is 5.38. The molecule has 2 N–H and O–H groups in total. The minimum Gasteiger partial charge on any atom is -0.400 e. The summed E-state index contributed by atoms with van der Waals surface area (Å²) in [6.07, 6.45) is -2.38. The van der Waals surface area contributed by atoms with E-state index in [9.17, 15) is 26.7 Å². The molecule has 0 bridgehead atoms. The number of carbonyl (C=O) groups is 1. The van der Waals surface area contributed by atoms with Gasteiger partial charge in [-0.05, 0) is 31.4 Å². The zero-order valence-corrected chi connectivity index (χ0v) is 18.4. The van der Waals surface area contributed by atoms with Gasteiger partial charge in [-0.1, -0.05) is 0 Å². The number of hydrogen-bond acceptors (Lipinski definition) is 6.